The lowest BCUT2D eigenvalue weighted by Crippen LogP contribution is -2.19. The maximum atomic E-state index is 14.0. The Hall–Kier alpha value is -4.28. The smallest absolute Gasteiger partial charge is 0.433 e. The van der Waals surface area contributed by atoms with Crippen LogP contribution in [0.5, 0.6) is 11.5 Å². The molecule has 0 aliphatic carbocycles. The minimum absolute atomic E-state index is 0.0630. The van der Waals surface area contributed by atoms with Gasteiger partial charge in [-0.2, -0.15) is 17.7 Å². The van der Waals surface area contributed by atoms with Gasteiger partial charge in [0.05, 0.1) is 25.5 Å². The van der Waals surface area contributed by atoms with Gasteiger partial charge >= 0.3 is 6.18 Å². The highest BCUT2D eigenvalue weighted by atomic mass is 19.4. The number of oxazole rings is 1. The Balaban J connectivity index is 1.79. The van der Waals surface area contributed by atoms with Crippen LogP contribution in [-0.2, 0) is 6.18 Å². The van der Waals surface area contributed by atoms with Gasteiger partial charge in [-0.25, -0.2) is 9.97 Å². The number of rotatable bonds is 4. The van der Waals surface area contributed by atoms with Crippen LogP contribution >= 0.6 is 0 Å². The average Bonchev–Trinajstić information content (AvgIpc) is 3.41. The fourth-order valence-electron chi connectivity index (χ4n) is 3.86. The number of aromatic nitrogens is 4. The van der Waals surface area contributed by atoms with E-state index in [1.54, 1.807) is 18.2 Å². The SMILES string of the molecule is COc1ccc(-c2c(C(F)(F)F)[nH]n3c(=O)c(-c4nc5c(OC)cccc5o4)c(C)nc23)cc1. The molecule has 0 aliphatic heterocycles. The molecule has 3 heterocycles. The highest BCUT2D eigenvalue weighted by Crippen LogP contribution is 2.39. The first-order chi connectivity index (χ1) is 16.2. The maximum Gasteiger partial charge on any atom is 0.433 e. The number of hydrogen-bond acceptors (Lipinski definition) is 6. The number of ether oxygens (including phenoxy) is 2. The molecule has 174 valence electrons. The molecule has 0 radical (unpaired) electrons. The minimum atomic E-state index is -4.77. The molecule has 0 atom stereocenters. The molecule has 0 unspecified atom stereocenters. The number of fused-ring (bicyclic) bond motifs is 2. The third-order valence-electron chi connectivity index (χ3n) is 5.44. The summed E-state index contributed by atoms with van der Waals surface area (Å²) >= 11 is 0. The summed E-state index contributed by atoms with van der Waals surface area (Å²) in [5.41, 5.74) is -1.23. The first-order valence-corrected chi connectivity index (χ1v) is 10.0. The summed E-state index contributed by atoms with van der Waals surface area (Å²) in [5, 5.41) is 2.18. The van der Waals surface area contributed by atoms with Crippen LogP contribution in [0.3, 0.4) is 0 Å². The molecule has 0 spiro atoms. The van der Waals surface area contributed by atoms with Gasteiger partial charge in [-0.3, -0.25) is 9.89 Å². The Labute approximate surface area is 189 Å². The zero-order chi connectivity index (χ0) is 24.2. The van der Waals surface area contributed by atoms with Gasteiger partial charge in [-0.05, 0) is 36.8 Å². The molecule has 5 rings (SSSR count). The van der Waals surface area contributed by atoms with Crippen molar-refractivity contribution in [3.05, 3.63) is 64.2 Å². The molecule has 0 saturated carbocycles. The van der Waals surface area contributed by atoms with Crippen LogP contribution in [0.2, 0.25) is 0 Å². The zero-order valence-corrected chi connectivity index (χ0v) is 18.1. The van der Waals surface area contributed by atoms with E-state index in [0.29, 0.717) is 22.6 Å². The van der Waals surface area contributed by atoms with Crippen molar-refractivity contribution in [2.24, 2.45) is 0 Å². The van der Waals surface area contributed by atoms with Gasteiger partial charge in [0.1, 0.15) is 22.8 Å². The number of H-pyrrole nitrogens is 1. The molecule has 11 heteroatoms. The van der Waals surface area contributed by atoms with E-state index in [1.807, 2.05) is 0 Å². The second-order valence-corrected chi connectivity index (χ2v) is 7.45. The molecule has 5 aromatic rings. The summed E-state index contributed by atoms with van der Waals surface area (Å²) in [6.07, 6.45) is -4.77. The molecule has 34 heavy (non-hydrogen) atoms. The van der Waals surface area contributed by atoms with Crippen LogP contribution < -0.4 is 15.0 Å². The number of halogens is 3. The standard InChI is InChI=1S/C23H17F3N4O4/c1-11-16(21-28-18-14(33-3)5-4-6-15(18)34-21)22(31)30-20(27-11)17(19(29-30)23(24,25)26)12-7-9-13(32-2)10-8-12/h4-10,29H,1-3H3. The van der Waals surface area contributed by atoms with Gasteiger partial charge in [-0.15, -0.1) is 0 Å². The summed E-state index contributed by atoms with van der Waals surface area (Å²) in [4.78, 5) is 22.1. The Morgan fingerprint density at radius 2 is 1.74 bits per heavy atom. The topological polar surface area (TPSA) is 94.7 Å². The maximum absolute atomic E-state index is 14.0. The van der Waals surface area contributed by atoms with Gasteiger partial charge in [0, 0.05) is 0 Å². The molecular weight excluding hydrogens is 453 g/mol. The van der Waals surface area contributed by atoms with Gasteiger partial charge in [0.15, 0.2) is 16.7 Å². The van der Waals surface area contributed by atoms with Crippen LogP contribution in [-0.4, -0.2) is 33.8 Å². The second kappa shape index (κ2) is 7.65. The van der Waals surface area contributed by atoms with Crippen molar-refractivity contribution in [2.45, 2.75) is 13.1 Å². The van der Waals surface area contributed by atoms with E-state index in [-0.39, 0.29) is 33.9 Å². The molecule has 0 bridgehead atoms. The van der Waals surface area contributed by atoms with Crippen LogP contribution in [0, 0.1) is 6.92 Å². The number of nitrogens with zero attached hydrogens (tertiary/aromatic N) is 3. The quantitative estimate of drug-likeness (QED) is 0.404. The first kappa shape index (κ1) is 21.6. The molecule has 0 amide bonds. The molecule has 0 aliphatic rings. The van der Waals surface area contributed by atoms with Crippen molar-refractivity contribution < 1.29 is 27.1 Å². The molecule has 8 nitrogen and oxygen atoms in total. The third-order valence-corrected chi connectivity index (χ3v) is 5.44. The van der Waals surface area contributed by atoms with E-state index < -0.39 is 17.4 Å². The third kappa shape index (κ3) is 3.28. The molecule has 2 aromatic carbocycles. The number of hydrogen-bond donors (Lipinski definition) is 1. The largest absolute Gasteiger partial charge is 0.497 e. The monoisotopic (exact) mass is 470 g/mol. The Bertz CT molecular complexity index is 1600. The summed E-state index contributed by atoms with van der Waals surface area (Å²) in [6.45, 7) is 1.51. The van der Waals surface area contributed by atoms with Crippen LogP contribution in [0.1, 0.15) is 11.4 Å². The van der Waals surface area contributed by atoms with E-state index >= 15 is 0 Å². The van der Waals surface area contributed by atoms with Gasteiger partial charge < -0.3 is 13.9 Å². The van der Waals surface area contributed by atoms with Crippen molar-refractivity contribution in [1.29, 1.82) is 0 Å². The molecule has 0 fully saturated rings. The van der Waals surface area contributed by atoms with Crippen molar-refractivity contribution in [3.8, 4) is 34.1 Å². The summed E-state index contributed by atoms with van der Waals surface area (Å²) in [5.74, 6) is 0.838. The highest BCUT2D eigenvalue weighted by Gasteiger charge is 2.38. The number of methoxy groups -OCH3 is 2. The zero-order valence-electron chi connectivity index (χ0n) is 18.1. The molecule has 3 aromatic heterocycles. The lowest BCUT2D eigenvalue weighted by atomic mass is 10.0. The molecule has 0 saturated heterocycles. The number of aryl methyl sites for hydroxylation is 1. The Morgan fingerprint density at radius 1 is 1.00 bits per heavy atom. The average molecular weight is 470 g/mol. The number of nitrogens with one attached hydrogen (secondary N) is 1. The lowest BCUT2D eigenvalue weighted by molar-refractivity contribution is -0.140. The van der Waals surface area contributed by atoms with Gasteiger partial charge in [0.25, 0.3) is 5.56 Å². The summed E-state index contributed by atoms with van der Waals surface area (Å²) in [6, 6.07) is 11.0. The van der Waals surface area contributed by atoms with Crippen LogP contribution in [0.4, 0.5) is 13.2 Å². The minimum Gasteiger partial charge on any atom is -0.497 e. The highest BCUT2D eigenvalue weighted by molar-refractivity contribution is 5.84. The van der Waals surface area contributed by atoms with Crippen molar-refractivity contribution in [2.75, 3.05) is 14.2 Å². The normalized spacial score (nSPS) is 11.9. The number of benzene rings is 2. The fraction of sp³-hybridized carbons (Fsp3) is 0.174. The molecule has 1 N–H and O–H groups in total. The van der Waals surface area contributed by atoms with E-state index in [0.717, 1.165) is 4.52 Å². The fourth-order valence-corrected chi connectivity index (χ4v) is 3.86. The Morgan fingerprint density at radius 3 is 2.38 bits per heavy atom. The van der Waals surface area contributed by atoms with Crippen molar-refractivity contribution >= 4 is 16.7 Å². The van der Waals surface area contributed by atoms with Gasteiger partial charge in [-0.1, -0.05) is 18.2 Å². The first-order valence-electron chi connectivity index (χ1n) is 10.0. The van der Waals surface area contributed by atoms with Crippen molar-refractivity contribution in [1.82, 2.24) is 19.6 Å². The number of aromatic amines is 1. The summed E-state index contributed by atoms with van der Waals surface area (Å²) in [7, 11) is 2.92. The van der Waals surface area contributed by atoms with E-state index in [4.69, 9.17) is 13.9 Å². The number of alkyl halides is 3. The van der Waals surface area contributed by atoms with E-state index in [1.165, 1.54) is 45.4 Å². The van der Waals surface area contributed by atoms with Crippen LogP contribution in [0.25, 0.3) is 39.3 Å². The van der Waals surface area contributed by atoms with Gasteiger partial charge in [0.2, 0.25) is 5.89 Å². The lowest BCUT2D eigenvalue weighted by Gasteiger charge is -2.08. The van der Waals surface area contributed by atoms with Crippen molar-refractivity contribution in [3.63, 3.8) is 0 Å². The molecular formula is C23H17F3N4O4. The number of para-hydroxylation sites is 1. The van der Waals surface area contributed by atoms with E-state index in [9.17, 15) is 18.0 Å². The Kier molecular flexibility index (Phi) is 4.85. The van der Waals surface area contributed by atoms with E-state index in [2.05, 4.69) is 15.1 Å². The second-order valence-electron chi connectivity index (χ2n) is 7.45. The summed E-state index contributed by atoms with van der Waals surface area (Å²) < 4.78 is 58.7. The predicted molar refractivity (Wildman–Crippen MR) is 117 cm³/mol. The predicted octanol–water partition coefficient (Wildman–Crippen LogP) is 4.84. The van der Waals surface area contributed by atoms with Crippen LogP contribution in [0.15, 0.2) is 51.7 Å².